The number of ether oxygens (including phenoxy) is 1. The lowest BCUT2D eigenvalue weighted by Crippen LogP contribution is -2.17. The van der Waals surface area contributed by atoms with E-state index in [-0.39, 0.29) is 0 Å². The van der Waals surface area contributed by atoms with Crippen molar-refractivity contribution in [3.63, 3.8) is 0 Å². The molecule has 2 heterocycles. The Labute approximate surface area is 58.4 Å². The van der Waals surface area contributed by atoms with Crippen molar-refractivity contribution in [2.45, 2.75) is 0 Å². The van der Waals surface area contributed by atoms with Crippen molar-refractivity contribution >= 4 is 12.2 Å². The Bertz CT molecular complexity index is 261. The first-order valence-corrected chi connectivity index (χ1v) is 3.05. The molecule has 0 fully saturated rings. The average molecular weight is 134 g/mol. The second-order valence-electron chi connectivity index (χ2n) is 2.03. The van der Waals surface area contributed by atoms with Gasteiger partial charge in [0.25, 0.3) is 6.40 Å². The molecule has 3 heteroatoms. The molecule has 2 rings (SSSR count). The van der Waals surface area contributed by atoms with Crippen LogP contribution in [-0.4, -0.2) is 18.8 Å². The molecule has 0 aliphatic carbocycles. The van der Waals surface area contributed by atoms with Crippen LogP contribution in [0.25, 0.3) is 0 Å². The van der Waals surface area contributed by atoms with Crippen LogP contribution in [-0.2, 0) is 4.74 Å². The van der Waals surface area contributed by atoms with Gasteiger partial charge in [-0.25, -0.2) is 0 Å². The van der Waals surface area contributed by atoms with Gasteiger partial charge < -0.3 is 4.74 Å². The lowest BCUT2D eigenvalue weighted by Gasteiger charge is -2.03. The Balaban J connectivity index is 2.43. The molecule has 0 N–H and O–H groups in total. The highest BCUT2D eigenvalue weighted by Crippen LogP contribution is 2.05. The molecular formula is C7H6N2O+. The molecule has 0 aromatic heterocycles. The van der Waals surface area contributed by atoms with E-state index in [2.05, 4.69) is 9.98 Å². The Kier molecular flexibility index (Phi) is 1.13. The number of aliphatic imine (C=N–C) groups is 2. The third-order valence-electron chi connectivity index (χ3n) is 1.36. The van der Waals surface area contributed by atoms with E-state index in [0.29, 0.717) is 6.61 Å². The minimum absolute atomic E-state index is 0.590. The maximum absolute atomic E-state index is 4.96. The van der Waals surface area contributed by atoms with Crippen LogP contribution in [0.5, 0.6) is 0 Å². The largest absolute Gasteiger partial charge is 0.460 e. The smallest absolute Gasteiger partial charge is 0.373 e. The van der Waals surface area contributed by atoms with Gasteiger partial charge in [0.15, 0.2) is 0 Å². The van der Waals surface area contributed by atoms with E-state index in [9.17, 15) is 0 Å². The lowest BCUT2D eigenvalue weighted by atomic mass is 10.2. The standard InChI is InChI=1S/C7H6N2O/c1-2-6-4-10-5-9-7(6)8-3-1/h1-3,5H,4H2/q+1. The summed E-state index contributed by atoms with van der Waals surface area (Å²) in [6, 6.07) is 0. The van der Waals surface area contributed by atoms with Gasteiger partial charge in [-0.05, 0) is 22.1 Å². The third-order valence-corrected chi connectivity index (χ3v) is 1.36. The highest BCUT2D eigenvalue weighted by molar-refractivity contribution is 6.03. The van der Waals surface area contributed by atoms with Crippen LogP contribution in [0.1, 0.15) is 0 Å². The van der Waals surface area contributed by atoms with Gasteiger partial charge in [-0.3, -0.25) is 0 Å². The van der Waals surface area contributed by atoms with Gasteiger partial charge in [-0.15, -0.1) is 0 Å². The predicted molar refractivity (Wildman–Crippen MR) is 38.8 cm³/mol. The Morgan fingerprint density at radius 2 is 2.60 bits per heavy atom. The number of allylic oxidation sites excluding steroid dienone is 2. The summed E-state index contributed by atoms with van der Waals surface area (Å²) in [5.41, 5.74) is 1.05. The second kappa shape index (κ2) is 2.10. The number of hydrogen-bond donors (Lipinski definition) is 0. The minimum atomic E-state index is 0.590. The molecule has 0 amide bonds. The van der Waals surface area contributed by atoms with Gasteiger partial charge in [0.05, 0.1) is 5.57 Å². The molecule has 2 aliphatic rings. The highest BCUT2D eigenvalue weighted by atomic mass is 16.5. The number of fused-ring (bicyclic) bond motifs is 1. The van der Waals surface area contributed by atoms with Gasteiger partial charge in [0.2, 0.25) is 0 Å². The van der Waals surface area contributed by atoms with E-state index < -0.39 is 0 Å². The van der Waals surface area contributed by atoms with E-state index in [0.717, 1.165) is 11.4 Å². The topological polar surface area (TPSA) is 35.7 Å². The summed E-state index contributed by atoms with van der Waals surface area (Å²) in [7, 11) is 0. The van der Waals surface area contributed by atoms with Crippen LogP contribution in [0.2, 0.25) is 0 Å². The molecular weight excluding hydrogens is 128 g/mol. The second-order valence-corrected chi connectivity index (χ2v) is 2.03. The molecule has 0 saturated heterocycles. The van der Waals surface area contributed by atoms with E-state index >= 15 is 0 Å². The first-order chi connectivity index (χ1) is 4.97. The van der Waals surface area contributed by atoms with Gasteiger partial charge in [-0.2, -0.15) is 0 Å². The SMILES string of the molecule is C1=C[N+]=C2N=COCC2=C1. The van der Waals surface area contributed by atoms with Crippen LogP contribution < -0.4 is 4.99 Å². The maximum atomic E-state index is 4.96. The van der Waals surface area contributed by atoms with E-state index in [4.69, 9.17) is 4.74 Å². The molecule has 0 saturated carbocycles. The molecule has 0 aromatic carbocycles. The molecule has 0 bridgehead atoms. The third kappa shape index (κ3) is 0.757. The molecule has 2 aliphatic heterocycles. The van der Waals surface area contributed by atoms with Gasteiger partial charge >= 0.3 is 5.84 Å². The van der Waals surface area contributed by atoms with E-state index in [1.54, 1.807) is 6.20 Å². The highest BCUT2D eigenvalue weighted by Gasteiger charge is 2.21. The lowest BCUT2D eigenvalue weighted by molar-refractivity contribution is 0.356. The fraction of sp³-hybridized carbons (Fsp3) is 0.143. The fourth-order valence-corrected chi connectivity index (χ4v) is 0.873. The molecule has 0 atom stereocenters. The molecule has 0 spiro atoms. The van der Waals surface area contributed by atoms with Gasteiger partial charge in [0.1, 0.15) is 12.8 Å². The quantitative estimate of drug-likeness (QED) is 0.467. The van der Waals surface area contributed by atoms with Crippen LogP contribution in [0.15, 0.2) is 28.9 Å². The van der Waals surface area contributed by atoms with Crippen molar-refractivity contribution in [1.29, 1.82) is 0 Å². The first kappa shape index (κ1) is 5.41. The zero-order chi connectivity index (χ0) is 6.81. The zero-order valence-corrected chi connectivity index (χ0v) is 5.32. The summed E-state index contributed by atoms with van der Waals surface area (Å²) in [4.78, 5) is 7.98. The van der Waals surface area contributed by atoms with Crippen LogP contribution in [0.3, 0.4) is 0 Å². The molecule has 0 unspecified atom stereocenters. The predicted octanol–water partition coefficient (Wildman–Crippen LogP) is 0.233. The minimum Gasteiger partial charge on any atom is -0.460 e. The summed E-state index contributed by atoms with van der Waals surface area (Å²) >= 11 is 0. The maximum Gasteiger partial charge on any atom is 0.373 e. The molecule has 0 aromatic rings. The monoisotopic (exact) mass is 134 g/mol. The van der Waals surface area contributed by atoms with Crippen molar-refractivity contribution in [2.24, 2.45) is 4.99 Å². The Hall–Kier alpha value is -1.38. The van der Waals surface area contributed by atoms with Crippen molar-refractivity contribution < 1.29 is 4.74 Å². The normalized spacial score (nSPS) is 20.8. The van der Waals surface area contributed by atoms with Crippen molar-refractivity contribution in [3.05, 3.63) is 23.9 Å². The molecule has 10 heavy (non-hydrogen) atoms. The summed E-state index contributed by atoms with van der Waals surface area (Å²) in [6.07, 6.45) is 6.98. The van der Waals surface area contributed by atoms with Crippen molar-refractivity contribution in [3.8, 4) is 0 Å². The van der Waals surface area contributed by atoms with Crippen molar-refractivity contribution in [2.75, 3.05) is 6.61 Å². The Morgan fingerprint density at radius 3 is 3.50 bits per heavy atom. The van der Waals surface area contributed by atoms with Gasteiger partial charge in [0, 0.05) is 0 Å². The Morgan fingerprint density at radius 1 is 1.60 bits per heavy atom. The summed E-state index contributed by atoms with van der Waals surface area (Å²) < 4.78 is 4.96. The number of nitrogens with zero attached hydrogens (tertiary/aromatic N) is 2. The molecule has 3 nitrogen and oxygen atoms in total. The van der Waals surface area contributed by atoms with Crippen LogP contribution in [0, 0.1) is 0 Å². The van der Waals surface area contributed by atoms with Crippen LogP contribution >= 0.6 is 0 Å². The van der Waals surface area contributed by atoms with E-state index in [1.165, 1.54) is 6.40 Å². The number of rotatable bonds is 0. The zero-order valence-electron chi connectivity index (χ0n) is 5.32. The van der Waals surface area contributed by atoms with E-state index in [1.807, 2.05) is 12.2 Å². The summed E-state index contributed by atoms with van der Waals surface area (Å²) in [5, 5.41) is 0. The molecule has 1 radical (unpaired) electrons. The summed E-state index contributed by atoms with van der Waals surface area (Å²) in [5.74, 6) is 0.772. The fourth-order valence-electron chi connectivity index (χ4n) is 0.873. The molecule has 49 valence electrons. The first-order valence-electron chi connectivity index (χ1n) is 3.05. The van der Waals surface area contributed by atoms with Crippen molar-refractivity contribution in [1.82, 2.24) is 4.99 Å². The average Bonchev–Trinajstić information content (AvgIpc) is 2.05. The number of hydrogen-bond acceptors (Lipinski definition) is 3. The number of amidine groups is 1. The van der Waals surface area contributed by atoms with Crippen LogP contribution in [0.4, 0.5) is 0 Å². The summed E-state index contributed by atoms with van der Waals surface area (Å²) in [6.45, 7) is 0.590. The van der Waals surface area contributed by atoms with Gasteiger partial charge in [-0.1, -0.05) is 0 Å².